The zero-order valence-corrected chi connectivity index (χ0v) is 18.1. The molecular formula is C23H19F3N4OS. The normalized spacial score (nSPS) is 15.7. The lowest BCUT2D eigenvalue weighted by Crippen LogP contribution is -2.28. The van der Waals surface area contributed by atoms with Crippen LogP contribution in [-0.2, 0) is 12.6 Å². The molecule has 1 N–H and O–H groups in total. The highest BCUT2D eigenvalue weighted by atomic mass is 32.1. The van der Waals surface area contributed by atoms with Crippen molar-refractivity contribution in [3.05, 3.63) is 65.4 Å². The number of hydrogen-bond acceptors (Lipinski definition) is 5. The minimum Gasteiger partial charge on any atom is -0.338 e. The minimum absolute atomic E-state index is 0.0851. The van der Waals surface area contributed by atoms with Gasteiger partial charge in [0, 0.05) is 12.1 Å². The highest BCUT2D eigenvalue weighted by Gasteiger charge is 2.37. The lowest BCUT2D eigenvalue weighted by molar-refractivity contribution is -0.137. The molecule has 5 nitrogen and oxygen atoms in total. The van der Waals surface area contributed by atoms with E-state index in [4.69, 9.17) is 0 Å². The predicted octanol–water partition coefficient (Wildman–Crippen LogP) is 6.40. The smallest absolute Gasteiger partial charge is 0.338 e. The third-order valence-corrected chi connectivity index (χ3v) is 6.47. The number of thiazole rings is 1. The van der Waals surface area contributed by atoms with Crippen molar-refractivity contribution in [2.75, 3.05) is 5.32 Å². The molecule has 164 valence electrons. The largest absolute Gasteiger partial charge is 0.416 e. The second-order valence-corrected chi connectivity index (χ2v) is 9.70. The zero-order chi connectivity index (χ0) is 22.7. The van der Waals surface area contributed by atoms with Crippen LogP contribution >= 0.6 is 11.3 Å². The van der Waals surface area contributed by atoms with Gasteiger partial charge in [-0.15, -0.1) is 5.10 Å². The number of hydrogen-bond donors (Lipinski definition) is 1. The average molecular weight is 456 g/mol. The highest BCUT2D eigenvalue weighted by molar-refractivity contribution is 7.20. The van der Waals surface area contributed by atoms with Crippen molar-refractivity contribution < 1.29 is 18.0 Å². The second-order valence-electron chi connectivity index (χ2n) is 8.69. The molecule has 0 amide bonds. The van der Waals surface area contributed by atoms with E-state index >= 15 is 0 Å². The molecule has 5 rings (SSSR count). The molecule has 0 aliphatic heterocycles. The number of Topliss-reactive ketones (excluding diaryl/α,β-unsaturated/α-hetero) is 1. The Balaban J connectivity index is 1.64. The van der Waals surface area contributed by atoms with Gasteiger partial charge in [0.1, 0.15) is 0 Å². The number of halogens is 3. The number of benzene rings is 2. The number of anilines is 2. The standard InChI is InChI=1S/C23H19F3N4OS/c1-22(2)11-16-19(17(31)12-22)20(27-14-7-5-6-13(10-14)23(24,25)26)29-30(16)21-28-15-8-3-4-9-18(15)32-21/h3-10H,11-12H2,1-2H3,(H,27,29). The molecule has 2 heterocycles. The van der Waals surface area contributed by atoms with Gasteiger partial charge in [-0.25, -0.2) is 9.67 Å². The number of nitrogens with one attached hydrogen (secondary N) is 1. The number of para-hydroxylation sites is 1. The predicted molar refractivity (Wildman–Crippen MR) is 118 cm³/mol. The van der Waals surface area contributed by atoms with Crippen LogP contribution in [0.2, 0.25) is 0 Å². The Morgan fingerprint density at radius 2 is 1.88 bits per heavy atom. The van der Waals surface area contributed by atoms with Crippen molar-refractivity contribution in [3.8, 4) is 5.13 Å². The Morgan fingerprint density at radius 1 is 1.09 bits per heavy atom. The molecule has 0 atom stereocenters. The van der Waals surface area contributed by atoms with Crippen LogP contribution in [0, 0.1) is 5.41 Å². The molecule has 0 unspecified atom stereocenters. The van der Waals surface area contributed by atoms with Crippen LogP contribution in [0.5, 0.6) is 0 Å². The van der Waals surface area contributed by atoms with Crippen molar-refractivity contribution in [2.45, 2.75) is 32.9 Å². The molecule has 9 heteroatoms. The first-order valence-electron chi connectivity index (χ1n) is 10.1. The zero-order valence-electron chi connectivity index (χ0n) is 17.3. The molecule has 2 aromatic carbocycles. The van der Waals surface area contributed by atoms with Gasteiger partial charge in [0.05, 0.1) is 27.0 Å². The van der Waals surface area contributed by atoms with Crippen molar-refractivity contribution in [1.29, 1.82) is 0 Å². The highest BCUT2D eigenvalue weighted by Crippen LogP contribution is 2.40. The van der Waals surface area contributed by atoms with Crippen LogP contribution in [0.25, 0.3) is 15.3 Å². The Hall–Kier alpha value is -3.20. The first-order chi connectivity index (χ1) is 15.1. The number of ketones is 1. The maximum absolute atomic E-state index is 13.1. The molecule has 0 spiro atoms. The van der Waals surface area contributed by atoms with Crippen LogP contribution in [0.3, 0.4) is 0 Å². The summed E-state index contributed by atoms with van der Waals surface area (Å²) in [4.78, 5) is 17.7. The van der Waals surface area contributed by atoms with E-state index in [1.807, 2.05) is 38.1 Å². The van der Waals surface area contributed by atoms with Gasteiger partial charge in [-0.2, -0.15) is 13.2 Å². The number of alkyl halides is 3. The van der Waals surface area contributed by atoms with Crippen LogP contribution in [0.4, 0.5) is 24.7 Å². The SMILES string of the molecule is CC1(C)CC(=O)c2c(Nc3cccc(C(F)(F)F)c3)nn(-c3nc4ccccc4s3)c2C1. The van der Waals surface area contributed by atoms with E-state index in [0.29, 0.717) is 23.5 Å². The van der Waals surface area contributed by atoms with Gasteiger partial charge in [-0.3, -0.25) is 4.79 Å². The van der Waals surface area contributed by atoms with Gasteiger partial charge in [0.25, 0.3) is 0 Å². The van der Waals surface area contributed by atoms with Crippen molar-refractivity contribution >= 4 is 38.8 Å². The van der Waals surface area contributed by atoms with Gasteiger partial charge in [0.15, 0.2) is 11.6 Å². The average Bonchev–Trinajstić information content (AvgIpc) is 3.28. The Bertz CT molecular complexity index is 1320. The third kappa shape index (κ3) is 3.66. The number of fused-ring (bicyclic) bond motifs is 2. The summed E-state index contributed by atoms with van der Waals surface area (Å²) in [6.45, 7) is 4.03. The quantitative estimate of drug-likeness (QED) is 0.388. The molecule has 0 saturated carbocycles. The van der Waals surface area contributed by atoms with E-state index in [1.165, 1.54) is 23.5 Å². The summed E-state index contributed by atoms with van der Waals surface area (Å²) in [7, 11) is 0. The van der Waals surface area contributed by atoms with E-state index in [1.54, 1.807) is 4.68 Å². The summed E-state index contributed by atoms with van der Waals surface area (Å²) >= 11 is 1.45. The summed E-state index contributed by atoms with van der Waals surface area (Å²) in [5, 5.41) is 8.18. The molecule has 1 aliphatic carbocycles. The monoisotopic (exact) mass is 456 g/mol. The first kappa shape index (κ1) is 20.7. The topological polar surface area (TPSA) is 59.8 Å². The third-order valence-electron chi connectivity index (χ3n) is 5.46. The van der Waals surface area contributed by atoms with Gasteiger partial charge in [-0.05, 0) is 42.2 Å². The van der Waals surface area contributed by atoms with E-state index in [-0.39, 0.29) is 22.7 Å². The summed E-state index contributed by atoms with van der Waals surface area (Å²) in [5.41, 5.74) is 1.15. The van der Waals surface area contributed by atoms with Gasteiger partial charge >= 0.3 is 6.18 Å². The van der Waals surface area contributed by atoms with Gasteiger partial charge in [0.2, 0.25) is 5.13 Å². The van der Waals surface area contributed by atoms with Gasteiger partial charge < -0.3 is 5.32 Å². The maximum atomic E-state index is 13.1. The molecule has 1 aliphatic rings. The summed E-state index contributed by atoms with van der Waals surface area (Å²) in [6, 6.07) is 12.6. The van der Waals surface area contributed by atoms with Crippen molar-refractivity contribution in [1.82, 2.24) is 14.8 Å². The molecule has 0 radical (unpaired) electrons. The molecule has 2 aromatic heterocycles. The lowest BCUT2D eigenvalue weighted by Gasteiger charge is -2.28. The van der Waals surface area contributed by atoms with E-state index in [0.717, 1.165) is 28.0 Å². The molecule has 0 bridgehead atoms. The number of rotatable bonds is 3. The number of carbonyl (C=O) groups is 1. The Labute approximate surface area is 185 Å². The van der Waals surface area contributed by atoms with Crippen molar-refractivity contribution in [2.24, 2.45) is 5.41 Å². The number of aromatic nitrogens is 3. The number of nitrogens with zero attached hydrogens (tertiary/aromatic N) is 3. The molecule has 32 heavy (non-hydrogen) atoms. The van der Waals surface area contributed by atoms with Crippen LogP contribution in [-0.4, -0.2) is 20.5 Å². The van der Waals surface area contributed by atoms with E-state index in [2.05, 4.69) is 15.4 Å². The Morgan fingerprint density at radius 3 is 2.62 bits per heavy atom. The molecular weight excluding hydrogens is 437 g/mol. The van der Waals surface area contributed by atoms with E-state index < -0.39 is 11.7 Å². The molecule has 0 fully saturated rings. The summed E-state index contributed by atoms with van der Waals surface area (Å²) in [6.07, 6.45) is -3.53. The maximum Gasteiger partial charge on any atom is 0.416 e. The number of carbonyl (C=O) groups excluding carboxylic acids is 1. The fourth-order valence-electron chi connectivity index (χ4n) is 4.05. The fraction of sp³-hybridized carbons (Fsp3) is 0.261. The van der Waals surface area contributed by atoms with E-state index in [9.17, 15) is 18.0 Å². The summed E-state index contributed by atoms with van der Waals surface area (Å²) in [5.74, 6) is 0.164. The van der Waals surface area contributed by atoms with Crippen LogP contribution < -0.4 is 5.32 Å². The molecule has 0 saturated heterocycles. The Kier molecular flexibility index (Phi) is 4.63. The first-order valence-corrected chi connectivity index (χ1v) is 10.9. The van der Waals surface area contributed by atoms with Crippen LogP contribution in [0.15, 0.2) is 48.5 Å². The van der Waals surface area contributed by atoms with Crippen LogP contribution in [0.1, 0.15) is 41.9 Å². The summed E-state index contributed by atoms with van der Waals surface area (Å²) < 4.78 is 42.1. The van der Waals surface area contributed by atoms with Gasteiger partial charge in [-0.1, -0.05) is 43.4 Å². The minimum atomic E-state index is -4.46. The van der Waals surface area contributed by atoms with Crippen molar-refractivity contribution in [3.63, 3.8) is 0 Å². The lowest BCUT2D eigenvalue weighted by atomic mass is 9.76. The second kappa shape index (κ2) is 7.16. The fourth-order valence-corrected chi connectivity index (χ4v) is 5.00. The molecule has 4 aromatic rings.